The van der Waals surface area contributed by atoms with Gasteiger partial charge in [-0.1, -0.05) is 18.2 Å². The molecule has 130 valence electrons. The normalized spacial score (nSPS) is 18.2. The van der Waals surface area contributed by atoms with E-state index in [1.165, 1.54) is 11.7 Å². The molecule has 6 nitrogen and oxygen atoms in total. The number of nitrogens with zero attached hydrogens (tertiary/aromatic N) is 5. The van der Waals surface area contributed by atoms with Crippen molar-refractivity contribution in [3.8, 4) is 6.07 Å². The highest BCUT2D eigenvalue weighted by atomic mass is 32.1. The van der Waals surface area contributed by atoms with Crippen LogP contribution in [0.4, 0.5) is 5.69 Å². The minimum atomic E-state index is 0.0159. The van der Waals surface area contributed by atoms with Crippen LogP contribution < -0.4 is 4.90 Å². The van der Waals surface area contributed by atoms with Gasteiger partial charge in [-0.25, -0.2) is 0 Å². The van der Waals surface area contributed by atoms with Gasteiger partial charge in [-0.2, -0.15) is 14.0 Å². The van der Waals surface area contributed by atoms with Gasteiger partial charge in [0.05, 0.1) is 29.5 Å². The number of benzene rings is 2. The Balaban J connectivity index is 1.53. The fraction of sp³-hybridized carbons (Fsp3) is 0.263. The first kappa shape index (κ1) is 16.6. The summed E-state index contributed by atoms with van der Waals surface area (Å²) in [6.45, 7) is 3.69. The maximum atomic E-state index is 12.7. The zero-order chi connectivity index (χ0) is 18.1. The summed E-state index contributed by atoms with van der Waals surface area (Å²) in [7, 11) is 0. The molecule has 0 unspecified atom stereocenters. The van der Waals surface area contributed by atoms with E-state index in [-0.39, 0.29) is 11.9 Å². The highest BCUT2D eigenvalue weighted by molar-refractivity contribution is 7.00. The average molecular weight is 363 g/mol. The van der Waals surface area contributed by atoms with Crippen molar-refractivity contribution in [1.82, 2.24) is 13.6 Å². The smallest absolute Gasteiger partial charge is 0.241 e. The zero-order valence-electron chi connectivity index (χ0n) is 14.3. The number of carbonyl (C=O) groups is 1. The molecule has 0 spiro atoms. The van der Waals surface area contributed by atoms with Crippen LogP contribution in [0, 0.1) is 11.3 Å². The standard InChI is InChI=1S/C19H17N5OS/c1-13-10-24(18-5-3-2-4-15(18)9-20)19(25)12-23(13)11-14-6-7-16-17(8-14)22-26-21-16/h2-8,13H,10-12H2,1H3/t13-/m1/s1. The van der Waals surface area contributed by atoms with Crippen LogP contribution in [0.1, 0.15) is 18.1 Å². The molecule has 1 aliphatic rings. The highest BCUT2D eigenvalue weighted by Gasteiger charge is 2.31. The first-order chi connectivity index (χ1) is 12.7. The van der Waals surface area contributed by atoms with Gasteiger partial charge in [0.1, 0.15) is 17.1 Å². The molecule has 1 atom stereocenters. The van der Waals surface area contributed by atoms with Crippen LogP contribution in [0.5, 0.6) is 0 Å². The van der Waals surface area contributed by atoms with Gasteiger partial charge in [0.2, 0.25) is 5.91 Å². The molecule has 0 saturated carbocycles. The molecule has 26 heavy (non-hydrogen) atoms. The van der Waals surface area contributed by atoms with Gasteiger partial charge in [-0.05, 0) is 36.8 Å². The second-order valence-corrected chi connectivity index (χ2v) is 7.00. The lowest BCUT2D eigenvalue weighted by atomic mass is 10.1. The first-order valence-corrected chi connectivity index (χ1v) is 9.13. The van der Waals surface area contributed by atoms with Gasteiger partial charge in [-0.3, -0.25) is 9.69 Å². The monoisotopic (exact) mass is 363 g/mol. The maximum absolute atomic E-state index is 12.7. The van der Waals surface area contributed by atoms with Crippen LogP contribution in [-0.4, -0.2) is 38.7 Å². The molecule has 4 rings (SSSR count). The average Bonchev–Trinajstić information content (AvgIpc) is 3.12. The third-order valence-corrected chi connectivity index (χ3v) is 5.29. The fourth-order valence-electron chi connectivity index (χ4n) is 3.30. The van der Waals surface area contributed by atoms with Crippen molar-refractivity contribution < 1.29 is 4.79 Å². The molecule has 0 aliphatic carbocycles. The summed E-state index contributed by atoms with van der Waals surface area (Å²) in [5.41, 5.74) is 4.15. The molecule has 1 aromatic heterocycles. The van der Waals surface area contributed by atoms with Gasteiger partial charge >= 0.3 is 0 Å². The number of anilines is 1. The number of hydrogen-bond acceptors (Lipinski definition) is 6. The van der Waals surface area contributed by atoms with Gasteiger partial charge in [0, 0.05) is 19.1 Å². The van der Waals surface area contributed by atoms with Gasteiger partial charge in [0.15, 0.2) is 0 Å². The summed E-state index contributed by atoms with van der Waals surface area (Å²) >= 11 is 1.21. The number of hydrogen-bond donors (Lipinski definition) is 0. The lowest BCUT2D eigenvalue weighted by Gasteiger charge is -2.39. The number of rotatable bonds is 3. The van der Waals surface area contributed by atoms with Gasteiger partial charge in [0.25, 0.3) is 0 Å². The minimum absolute atomic E-state index is 0.0159. The third-order valence-electron chi connectivity index (χ3n) is 4.73. The number of nitriles is 1. The van der Waals surface area contributed by atoms with E-state index in [1.807, 2.05) is 36.4 Å². The molecule has 2 aromatic carbocycles. The summed E-state index contributed by atoms with van der Waals surface area (Å²) < 4.78 is 8.51. The van der Waals surface area contributed by atoms with Crippen LogP contribution in [-0.2, 0) is 11.3 Å². The number of para-hydroxylation sites is 1. The Hall–Kier alpha value is -2.82. The molecule has 3 aromatic rings. The van der Waals surface area contributed by atoms with Crippen LogP contribution in [0.2, 0.25) is 0 Å². The van der Waals surface area contributed by atoms with E-state index in [4.69, 9.17) is 0 Å². The van der Waals surface area contributed by atoms with Gasteiger partial charge in [-0.15, -0.1) is 0 Å². The largest absolute Gasteiger partial charge is 0.308 e. The van der Waals surface area contributed by atoms with E-state index < -0.39 is 0 Å². The molecule has 1 saturated heterocycles. The van der Waals surface area contributed by atoms with Crippen LogP contribution in [0.3, 0.4) is 0 Å². The van der Waals surface area contributed by atoms with Crippen LogP contribution >= 0.6 is 11.7 Å². The number of amides is 1. The number of aromatic nitrogens is 2. The SMILES string of the molecule is C[C@@H]1CN(c2ccccc2C#N)C(=O)CN1Cc1ccc2nsnc2c1. The quantitative estimate of drug-likeness (QED) is 0.715. The molecule has 0 radical (unpaired) electrons. The Morgan fingerprint density at radius 3 is 2.88 bits per heavy atom. The van der Waals surface area contributed by atoms with Crippen molar-refractivity contribution in [2.75, 3.05) is 18.0 Å². The van der Waals surface area contributed by atoms with E-state index in [9.17, 15) is 10.1 Å². The van der Waals surface area contributed by atoms with Crippen LogP contribution in [0.25, 0.3) is 11.0 Å². The van der Waals surface area contributed by atoms with Crippen molar-refractivity contribution >= 4 is 34.4 Å². The van der Waals surface area contributed by atoms with E-state index >= 15 is 0 Å². The maximum Gasteiger partial charge on any atom is 0.241 e. The Bertz CT molecular complexity index is 1010. The third kappa shape index (κ3) is 3.05. The van der Waals surface area contributed by atoms with Gasteiger partial charge < -0.3 is 4.90 Å². The molecule has 0 N–H and O–H groups in total. The Kier molecular flexibility index (Phi) is 4.37. The van der Waals surface area contributed by atoms with Crippen molar-refractivity contribution in [3.63, 3.8) is 0 Å². The van der Waals surface area contributed by atoms with Crippen molar-refractivity contribution in [2.45, 2.75) is 19.5 Å². The molecule has 1 amide bonds. The molecule has 7 heteroatoms. The topological polar surface area (TPSA) is 73.1 Å². The summed E-state index contributed by atoms with van der Waals surface area (Å²) in [6, 6.07) is 15.7. The zero-order valence-corrected chi connectivity index (χ0v) is 15.1. The van der Waals surface area contributed by atoms with E-state index in [1.54, 1.807) is 11.0 Å². The Morgan fingerprint density at radius 1 is 1.23 bits per heavy atom. The first-order valence-electron chi connectivity index (χ1n) is 8.40. The predicted octanol–water partition coefficient (Wildman–Crippen LogP) is 2.80. The Morgan fingerprint density at radius 2 is 2.04 bits per heavy atom. The number of carbonyl (C=O) groups excluding carboxylic acids is 1. The predicted molar refractivity (Wildman–Crippen MR) is 101 cm³/mol. The van der Waals surface area contributed by atoms with Crippen molar-refractivity contribution in [2.24, 2.45) is 0 Å². The fourth-order valence-corrected chi connectivity index (χ4v) is 3.82. The molecular weight excluding hydrogens is 346 g/mol. The van der Waals surface area contributed by atoms with E-state index in [0.29, 0.717) is 30.9 Å². The van der Waals surface area contributed by atoms with E-state index in [2.05, 4.69) is 26.6 Å². The Labute approximate surface area is 155 Å². The number of piperazine rings is 1. The molecule has 1 aliphatic heterocycles. The second-order valence-electron chi connectivity index (χ2n) is 6.47. The summed E-state index contributed by atoms with van der Waals surface area (Å²) in [4.78, 5) is 16.6. The minimum Gasteiger partial charge on any atom is -0.308 e. The highest BCUT2D eigenvalue weighted by Crippen LogP contribution is 2.25. The van der Waals surface area contributed by atoms with Crippen LogP contribution in [0.15, 0.2) is 42.5 Å². The molecule has 2 heterocycles. The van der Waals surface area contributed by atoms with E-state index in [0.717, 1.165) is 16.6 Å². The summed E-state index contributed by atoms with van der Waals surface area (Å²) in [5, 5.41) is 9.31. The molecule has 1 fully saturated rings. The number of fused-ring (bicyclic) bond motifs is 1. The van der Waals surface area contributed by atoms with Crippen molar-refractivity contribution in [1.29, 1.82) is 5.26 Å². The molecular formula is C19H17N5OS. The van der Waals surface area contributed by atoms with Crippen molar-refractivity contribution in [3.05, 3.63) is 53.6 Å². The second kappa shape index (κ2) is 6.83. The lowest BCUT2D eigenvalue weighted by Crippen LogP contribution is -2.55. The summed E-state index contributed by atoms with van der Waals surface area (Å²) in [6.07, 6.45) is 0. The lowest BCUT2D eigenvalue weighted by molar-refractivity contribution is -0.122. The molecule has 0 bridgehead atoms. The summed E-state index contributed by atoms with van der Waals surface area (Å²) in [5.74, 6) is 0.0159.